The Bertz CT molecular complexity index is 110. The predicted octanol–water partition coefficient (Wildman–Crippen LogP) is -0.810. The van der Waals surface area contributed by atoms with Crippen LogP contribution in [0.2, 0.25) is 6.32 Å². The van der Waals surface area contributed by atoms with Crippen molar-refractivity contribution in [3.8, 4) is 0 Å². The standard InChI is InChI=1S/C3H10BO4P/c4-1-2-8-3-9(5,6)7/h1-4H2,(H2,5,6,7). The van der Waals surface area contributed by atoms with Crippen LogP contribution in [0, 0.1) is 0 Å². The summed E-state index contributed by atoms with van der Waals surface area (Å²) in [7, 11) is -2.04. The SMILES string of the molecule is BCCOCP(=O)(O)O. The van der Waals surface area contributed by atoms with Crippen molar-refractivity contribution >= 4 is 15.4 Å². The predicted molar refractivity (Wildman–Crippen MR) is 36.2 cm³/mol. The lowest BCUT2D eigenvalue weighted by molar-refractivity contribution is 0.170. The average Bonchev–Trinajstić information content (AvgIpc) is 1.63. The molecule has 0 bridgehead atoms. The minimum absolute atomic E-state index is 0.408. The molecule has 0 aromatic heterocycles. The molecule has 0 unspecified atom stereocenters. The molecular weight excluding hydrogens is 142 g/mol. The third-order valence-electron chi connectivity index (χ3n) is 0.608. The van der Waals surface area contributed by atoms with Crippen LogP contribution in [0.25, 0.3) is 0 Å². The largest absolute Gasteiger partial charge is 0.370 e. The summed E-state index contributed by atoms with van der Waals surface area (Å²) >= 11 is 0. The fourth-order valence-electron chi connectivity index (χ4n) is 0.328. The van der Waals surface area contributed by atoms with Gasteiger partial charge in [0, 0.05) is 6.61 Å². The molecule has 0 aliphatic heterocycles. The highest BCUT2D eigenvalue weighted by Crippen LogP contribution is 2.33. The summed E-state index contributed by atoms with van der Waals surface area (Å²) < 4.78 is 14.7. The Morgan fingerprint density at radius 2 is 2.11 bits per heavy atom. The molecule has 0 spiro atoms. The lowest BCUT2D eigenvalue weighted by Crippen LogP contribution is -1.96. The van der Waals surface area contributed by atoms with Crippen LogP contribution in [0.4, 0.5) is 0 Å². The van der Waals surface area contributed by atoms with Gasteiger partial charge in [-0.25, -0.2) is 0 Å². The van der Waals surface area contributed by atoms with E-state index in [1.54, 1.807) is 0 Å². The highest BCUT2D eigenvalue weighted by molar-refractivity contribution is 7.51. The highest BCUT2D eigenvalue weighted by atomic mass is 31.2. The number of hydrogen-bond acceptors (Lipinski definition) is 2. The molecule has 0 aliphatic rings. The Morgan fingerprint density at radius 1 is 1.56 bits per heavy atom. The van der Waals surface area contributed by atoms with E-state index in [4.69, 9.17) is 9.79 Å². The van der Waals surface area contributed by atoms with Crippen molar-refractivity contribution in [2.45, 2.75) is 6.32 Å². The molecule has 0 saturated heterocycles. The Kier molecular flexibility index (Phi) is 4.14. The Balaban J connectivity index is 3.18. The molecule has 4 nitrogen and oxygen atoms in total. The molecule has 0 rings (SSSR count). The molecule has 0 aliphatic carbocycles. The molecule has 9 heavy (non-hydrogen) atoms. The van der Waals surface area contributed by atoms with E-state index in [0.717, 1.165) is 6.32 Å². The molecule has 0 saturated carbocycles. The van der Waals surface area contributed by atoms with Gasteiger partial charge in [0.2, 0.25) is 0 Å². The zero-order chi connectivity index (χ0) is 7.33. The fraction of sp³-hybridized carbons (Fsp3) is 1.00. The van der Waals surface area contributed by atoms with Gasteiger partial charge in [-0.1, -0.05) is 6.32 Å². The Hall–Kier alpha value is 0.175. The van der Waals surface area contributed by atoms with Crippen molar-refractivity contribution in [3.63, 3.8) is 0 Å². The van der Waals surface area contributed by atoms with Gasteiger partial charge in [-0.3, -0.25) is 4.57 Å². The maximum atomic E-state index is 10.1. The van der Waals surface area contributed by atoms with Crippen molar-refractivity contribution in [1.29, 1.82) is 0 Å². The van der Waals surface area contributed by atoms with Crippen molar-refractivity contribution in [2.24, 2.45) is 0 Å². The van der Waals surface area contributed by atoms with E-state index in [1.807, 2.05) is 7.85 Å². The van der Waals surface area contributed by atoms with E-state index in [9.17, 15) is 4.57 Å². The van der Waals surface area contributed by atoms with Gasteiger partial charge >= 0.3 is 7.60 Å². The summed E-state index contributed by atoms with van der Waals surface area (Å²) in [6, 6.07) is 0. The first-order valence-electron chi connectivity index (χ1n) is 2.68. The molecule has 0 fully saturated rings. The molecule has 0 aromatic rings. The first kappa shape index (κ1) is 9.17. The second-order valence-corrected chi connectivity index (χ2v) is 3.29. The van der Waals surface area contributed by atoms with E-state index in [2.05, 4.69) is 4.74 Å². The Labute approximate surface area is 54.8 Å². The summed E-state index contributed by atoms with van der Waals surface area (Å²) in [5.74, 6) is 0. The molecule has 0 radical (unpaired) electrons. The van der Waals surface area contributed by atoms with Crippen LogP contribution in [-0.4, -0.2) is 30.6 Å². The maximum Gasteiger partial charge on any atom is 0.350 e. The zero-order valence-corrected chi connectivity index (χ0v) is 6.17. The first-order valence-corrected chi connectivity index (χ1v) is 4.48. The lowest BCUT2D eigenvalue weighted by Gasteiger charge is -2.02. The molecule has 0 aromatic carbocycles. The van der Waals surface area contributed by atoms with Gasteiger partial charge in [-0.15, -0.1) is 0 Å². The van der Waals surface area contributed by atoms with Gasteiger partial charge < -0.3 is 14.5 Å². The molecular formula is C3H10BO4P. The van der Waals surface area contributed by atoms with Gasteiger partial charge in [0.1, 0.15) is 14.2 Å². The second kappa shape index (κ2) is 4.06. The molecule has 6 heteroatoms. The zero-order valence-electron chi connectivity index (χ0n) is 5.28. The molecule has 54 valence electrons. The summed E-state index contributed by atoms with van der Waals surface area (Å²) in [6.45, 7) is 0.408. The van der Waals surface area contributed by atoms with Gasteiger partial charge in [0.05, 0.1) is 0 Å². The van der Waals surface area contributed by atoms with Gasteiger partial charge in [0.15, 0.2) is 0 Å². The van der Waals surface area contributed by atoms with E-state index in [0.29, 0.717) is 6.61 Å². The average molecular weight is 152 g/mol. The van der Waals surface area contributed by atoms with Crippen molar-refractivity contribution in [2.75, 3.05) is 13.0 Å². The summed E-state index contributed by atoms with van der Waals surface area (Å²) in [5.41, 5.74) is 0. The molecule has 0 atom stereocenters. The summed E-state index contributed by atoms with van der Waals surface area (Å²) in [6.07, 6.45) is 0.320. The minimum Gasteiger partial charge on any atom is -0.370 e. The third-order valence-corrected chi connectivity index (χ3v) is 1.13. The van der Waals surface area contributed by atoms with E-state index >= 15 is 0 Å². The van der Waals surface area contributed by atoms with E-state index in [1.165, 1.54) is 0 Å². The van der Waals surface area contributed by atoms with Crippen LogP contribution in [0.5, 0.6) is 0 Å². The van der Waals surface area contributed by atoms with Crippen molar-refractivity contribution in [1.82, 2.24) is 0 Å². The van der Waals surface area contributed by atoms with Crippen molar-refractivity contribution < 1.29 is 19.1 Å². The van der Waals surface area contributed by atoms with Crippen LogP contribution >= 0.6 is 7.60 Å². The van der Waals surface area contributed by atoms with Gasteiger partial charge in [-0.2, -0.15) is 0 Å². The number of hydrogen-bond donors (Lipinski definition) is 2. The molecule has 0 amide bonds. The normalized spacial score (nSPS) is 11.8. The second-order valence-electron chi connectivity index (χ2n) is 1.70. The van der Waals surface area contributed by atoms with Crippen LogP contribution < -0.4 is 0 Å². The topological polar surface area (TPSA) is 66.8 Å². The number of ether oxygens (including phenoxy) is 1. The summed E-state index contributed by atoms with van der Waals surface area (Å²) in [4.78, 5) is 16.5. The third kappa shape index (κ3) is 8.17. The highest BCUT2D eigenvalue weighted by Gasteiger charge is 2.11. The molecule has 0 heterocycles. The molecule has 2 N–H and O–H groups in total. The lowest BCUT2D eigenvalue weighted by atomic mass is 10.1. The summed E-state index contributed by atoms with van der Waals surface area (Å²) in [5, 5.41) is 0. The van der Waals surface area contributed by atoms with Gasteiger partial charge in [0.25, 0.3) is 0 Å². The maximum absolute atomic E-state index is 10.1. The van der Waals surface area contributed by atoms with Gasteiger partial charge in [-0.05, 0) is 0 Å². The smallest absolute Gasteiger partial charge is 0.350 e. The minimum atomic E-state index is -3.92. The first-order chi connectivity index (χ1) is 4.06. The van der Waals surface area contributed by atoms with E-state index in [-0.39, 0.29) is 0 Å². The van der Waals surface area contributed by atoms with Crippen molar-refractivity contribution in [3.05, 3.63) is 0 Å². The van der Waals surface area contributed by atoms with Crippen LogP contribution in [0.1, 0.15) is 0 Å². The van der Waals surface area contributed by atoms with E-state index < -0.39 is 13.9 Å². The fourth-order valence-corrected chi connectivity index (χ4v) is 0.695. The monoisotopic (exact) mass is 152 g/mol. The van der Waals surface area contributed by atoms with Crippen LogP contribution in [0.3, 0.4) is 0 Å². The quantitative estimate of drug-likeness (QED) is 0.314. The van der Waals surface area contributed by atoms with Crippen LogP contribution in [0.15, 0.2) is 0 Å². The van der Waals surface area contributed by atoms with Crippen LogP contribution in [-0.2, 0) is 9.30 Å². The Morgan fingerprint density at radius 3 is 2.44 bits per heavy atom. The number of rotatable bonds is 4.